The van der Waals surface area contributed by atoms with Crippen LogP contribution in [0.3, 0.4) is 0 Å². The molecule has 4 N–H and O–H groups in total. The summed E-state index contributed by atoms with van der Waals surface area (Å²) in [6.07, 6.45) is -3.82. The molecule has 12 rings (SSSR count). The first-order valence-corrected chi connectivity index (χ1v) is 32.6. The van der Waals surface area contributed by atoms with Crippen molar-refractivity contribution in [3.8, 4) is 0 Å². The fourth-order valence-electron chi connectivity index (χ4n) is 15.7. The van der Waals surface area contributed by atoms with Crippen LogP contribution in [-0.2, 0) is 68.5 Å². The number of aliphatic imine (C=N–C) groups is 1. The lowest BCUT2D eigenvalue weighted by Crippen LogP contribution is -2.82. The van der Waals surface area contributed by atoms with Crippen molar-refractivity contribution in [1.29, 1.82) is 0 Å². The Bertz CT molecular complexity index is 4080. The molecular weight excluding hydrogens is 1230 g/mol. The van der Waals surface area contributed by atoms with Crippen LogP contribution >= 0.6 is 0 Å². The van der Waals surface area contributed by atoms with Crippen molar-refractivity contribution in [3.05, 3.63) is 183 Å². The quantitative estimate of drug-likeness (QED) is 0.0199. The molecule has 13 atom stereocenters. The van der Waals surface area contributed by atoms with Crippen LogP contribution in [0.15, 0.2) is 155 Å². The lowest BCUT2D eigenvalue weighted by Gasteiger charge is -2.67. The highest BCUT2D eigenvalue weighted by Crippen LogP contribution is 2.65. The van der Waals surface area contributed by atoms with Crippen molar-refractivity contribution in [3.63, 3.8) is 0 Å². The SMILES string of the molecule is CC[C@@]1(O)OC(=O)CC2=CN3Cc4c(nc5ccccc5c4C=NCCCCCC(=O)O[C@H]4C[C@H]5OC[C@@]5(OC(C)=O)C5C(OC(=O)c6ccccc6)[C@]6(O)C[C@H](OC(=O)[C@H](O)[C@@H](NC(=O)c7ccccc7)c7ccccc7)C(C)=C([C@@H](OC(C)=O)C(=O)[C@@]54C)C6(C)C)C3C=C21. The Balaban J connectivity index is 0.838. The lowest BCUT2D eigenvalue weighted by atomic mass is 9.44. The fourth-order valence-corrected chi connectivity index (χ4v) is 15.7. The van der Waals surface area contributed by atoms with Crippen LogP contribution in [0.2, 0.25) is 0 Å². The number of esters is 6. The molecule has 3 unspecified atom stereocenters. The summed E-state index contributed by atoms with van der Waals surface area (Å²) in [5.41, 5.74) is -3.00. The van der Waals surface area contributed by atoms with Gasteiger partial charge in [-0.3, -0.25) is 33.8 Å². The molecule has 22 nitrogen and oxygen atoms in total. The number of pyridine rings is 1. The number of aliphatic hydroxyl groups is 3. The Morgan fingerprint density at radius 1 is 0.833 bits per heavy atom. The van der Waals surface area contributed by atoms with E-state index in [0.29, 0.717) is 49.1 Å². The van der Waals surface area contributed by atoms with E-state index in [-0.39, 0.29) is 60.6 Å². The number of cyclic esters (lactones) is 1. The van der Waals surface area contributed by atoms with E-state index in [2.05, 4.69) is 10.2 Å². The molecule has 2 bridgehead atoms. The number of nitrogens with one attached hydrogen (secondary N) is 1. The van der Waals surface area contributed by atoms with Gasteiger partial charge in [0.05, 0.1) is 53.2 Å². The molecule has 0 spiro atoms. The summed E-state index contributed by atoms with van der Waals surface area (Å²) in [5.74, 6) is -10.1. The number of rotatable bonds is 19. The molecule has 7 aliphatic rings. The molecule has 2 saturated carbocycles. The van der Waals surface area contributed by atoms with Gasteiger partial charge in [-0.15, -0.1) is 0 Å². The molecule has 5 aromatic rings. The summed E-state index contributed by atoms with van der Waals surface area (Å²) in [7, 11) is 0. The number of hydrogen-bond acceptors (Lipinski definition) is 21. The van der Waals surface area contributed by atoms with Gasteiger partial charge in [0.25, 0.3) is 5.91 Å². The largest absolute Gasteiger partial charge is 0.461 e. The van der Waals surface area contributed by atoms with Gasteiger partial charge in [-0.2, -0.15) is 0 Å². The third kappa shape index (κ3) is 11.8. The molecule has 1 amide bonds. The molecule has 4 fully saturated rings. The summed E-state index contributed by atoms with van der Waals surface area (Å²) >= 11 is 0. The van der Waals surface area contributed by atoms with Crippen LogP contribution in [0.5, 0.6) is 0 Å². The van der Waals surface area contributed by atoms with E-state index in [1.807, 2.05) is 42.8 Å². The van der Waals surface area contributed by atoms with Crippen LogP contribution < -0.4 is 5.32 Å². The van der Waals surface area contributed by atoms with E-state index in [0.717, 1.165) is 41.6 Å². The average Bonchev–Trinajstić information content (AvgIpc) is 0.779. The Labute approximate surface area is 554 Å². The van der Waals surface area contributed by atoms with Gasteiger partial charge >= 0.3 is 35.8 Å². The minimum atomic E-state index is -2.51. The summed E-state index contributed by atoms with van der Waals surface area (Å²) in [6.45, 7) is 10.6. The molecule has 3 aliphatic carbocycles. The molecule has 1 aromatic heterocycles. The third-order valence-corrected chi connectivity index (χ3v) is 20.7. The van der Waals surface area contributed by atoms with Gasteiger partial charge in [0.15, 0.2) is 23.6 Å². The van der Waals surface area contributed by atoms with E-state index in [4.69, 9.17) is 43.1 Å². The van der Waals surface area contributed by atoms with Crippen molar-refractivity contribution < 1.29 is 86.8 Å². The van der Waals surface area contributed by atoms with Gasteiger partial charge in [-0.1, -0.05) is 112 Å². The molecule has 22 heteroatoms. The molecule has 5 heterocycles. The van der Waals surface area contributed by atoms with E-state index < -0.39 is 130 Å². The smallest absolute Gasteiger partial charge is 0.338 e. The Morgan fingerprint density at radius 3 is 2.18 bits per heavy atom. The van der Waals surface area contributed by atoms with Crippen LogP contribution in [0.25, 0.3) is 10.9 Å². The van der Waals surface area contributed by atoms with Gasteiger partial charge < -0.3 is 58.7 Å². The van der Waals surface area contributed by atoms with Crippen LogP contribution in [0.4, 0.5) is 0 Å². The number of para-hydroxylation sites is 1. The topological polar surface area (TPSA) is 302 Å². The van der Waals surface area contributed by atoms with Crippen molar-refractivity contribution >= 4 is 64.6 Å². The first-order valence-electron chi connectivity index (χ1n) is 32.6. The van der Waals surface area contributed by atoms with Gasteiger partial charge in [-0.25, -0.2) is 14.6 Å². The number of aromatic nitrogens is 1. The number of benzene rings is 4. The predicted molar refractivity (Wildman–Crippen MR) is 345 cm³/mol. The fraction of sp³-hybridized carbons (Fsp3) is 0.432. The minimum absolute atomic E-state index is 0.0274. The number of ketones is 1. The highest BCUT2D eigenvalue weighted by Gasteiger charge is 2.79. The highest BCUT2D eigenvalue weighted by molar-refractivity contribution is 6.01. The number of nitrogens with zero attached hydrogens (tertiary/aromatic N) is 3. The summed E-state index contributed by atoms with van der Waals surface area (Å²) in [6, 6.07) is 30.3. The molecule has 4 aromatic carbocycles. The van der Waals surface area contributed by atoms with Crippen molar-refractivity contribution in [1.82, 2.24) is 15.2 Å². The zero-order valence-corrected chi connectivity index (χ0v) is 54.5. The van der Waals surface area contributed by atoms with Crippen molar-refractivity contribution in [2.24, 2.45) is 21.7 Å². The number of carbonyl (C=O) groups is 8. The van der Waals surface area contributed by atoms with E-state index in [1.165, 1.54) is 26.0 Å². The zero-order valence-electron chi connectivity index (χ0n) is 54.5. The number of Topliss-reactive ketones (excluding diaryl/α,β-unsaturated/α-hetero) is 1. The summed E-state index contributed by atoms with van der Waals surface area (Å²) in [4.78, 5) is 126. The molecular formula is C74H78N4O18. The minimum Gasteiger partial charge on any atom is -0.461 e. The second-order valence-corrected chi connectivity index (χ2v) is 26.7. The van der Waals surface area contributed by atoms with Crippen molar-refractivity contribution in [2.45, 2.75) is 172 Å². The van der Waals surface area contributed by atoms with E-state index >= 15 is 4.79 Å². The highest BCUT2D eigenvalue weighted by atomic mass is 16.7. The number of aliphatic hydroxyl groups excluding tert-OH is 1. The molecule has 0 radical (unpaired) electrons. The Kier molecular flexibility index (Phi) is 18.1. The summed E-state index contributed by atoms with van der Waals surface area (Å²) in [5, 5.41) is 41.4. The maximum Gasteiger partial charge on any atom is 0.338 e. The van der Waals surface area contributed by atoms with Crippen LogP contribution in [0, 0.1) is 16.7 Å². The maximum atomic E-state index is 16.5. The van der Waals surface area contributed by atoms with Crippen LogP contribution in [0.1, 0.15) is 155 Å². The normalized spacial score (nSPS) is 29.0. The van der Waals surface area contributed by atoms with Crippen molar-refractivity contribution in [2.75, 3.05) is 13.2 Å². The first-order chi connectivity index (χ1) is 45.8. The number of unbranched alkanes of at least 4 members (excludes halogenated alkanes) is 2. The second kappa shape index (κ2) is 26.1. The Hall–Kier alpha value is -9.22. The zero-order chi connectivity index (χ0) is 68.2. The van der Waals surface area contributed by atoms with E-state index in [9.17, 15) is 48.9 Å². The lowest BCUT2D eigenvalue weighted by molar-refractivity contribution is -0.346. The van der Waals surface area contributed by atoms with Gasteiger partial charge in [-0.05, 0) is 85.4 Å². The second-order valence-electron chi connectivity index (χ2n) is 26.7. The number of ether oxygens (including phenoxy) is 7. The average molecular weight is 1310 g/mol. The number of fused-ring (bicyclic) bond motifs is 10. The standard InChI is InChI=1S/C74H78N4O18/c1-8-74(89)51-34-53-61-50(39-78(53)38-47(51)33-58(82)96-74)49(48-29-20-21-30-52(48)76-61)37-75-32-22-12-19-31-57(81)93-55-35-56-72(40-90-56,95-43(4)80)64-66(94-68(86)46-27-17-11-18-28-46)73(88)36-54(41(2)59(70(73,5)6)63(91-42(3)79)65(84)71(55,64)7)92-69(87)62(83)60(44-23-13-9-14-24-44)77-67(85)45-25-15-10-16-26-45/h9-11,13-18,20-21,23-30,34,37-38,53-56,60,62-64,66,83,88-89H,8,12,19,22,31-33,35-36,39-40H2,1-7H3,(H,77,85)/t53?,54-,55-,56+,60-,62+,63+,64?,66?,71+,72-,73+,74+/m0/s1. The first kappa shape index (κ1) is 66.8. The number of amides is 1. The molecule has 2 saturated heterocycles. The third-order valence-electron chi connectivity index (χ3n) is 20.7. The predicted octanol–water partition coefficient (Wildman–Crippen LogP) is 8.24. The maximum absolute atomic E-state index is 16.5. The van der Waals surface area contributed by atoms with Gasteiger partial charge in [0.1, 0.15) is 30.0 Å². The number of hydrogen-bond donors (Lipinski definition) is 4. The van der Waals surface area contributed by atoms with Gasteiger partial charge in [0, 0.05) is 98.1 Å². The Morgan fingerprint density at radius 2 is 1.51 bits per heavy atom. The molecule has 96 heavy (non-hydrogen) atoms. The monoisotopic (exact) mass is 1310 g/mol. The van der Waals surface area contributed by atoms with Crippen LogP contribution in [-0.4, -0.2) is 146 Å². The summed E-state index contributed by atoms with van der Waals surface area (Å²) < 4.78 is 43.5. The van der Waals surface area contributed by atoms with E-state index in [1.54, 1.807) is 99.6 Å². The van der Waals surface area contributed by atoms with Gasteiger partial charge in [0.2, 0.25) is 5.79 Å². The number of carbonyl (C=O) groups excluding carboxylic acids is 8. The molecule has 4 aliphatic heterocycles. The molecule has 502 valence electrons.